The maximum atomic E-state index is 12.5. The molecule has 0 aliphatic heterocycles. The molecule has 2 aromatic rings. The van der Waals surface area contributed by atoms with Gasteiger partial charge in [0.25, 0.3) is 0 Å². The highest BCUT2D eigenvalue weighted by molar-refractivity contribution is 7.15. The number of hydrogen-bond donors (Lipinski definition) is 1. The summed E-state index contributed by atoms with van der Waals surface area (Å²) in [7, 11) is 0. The lowest BCUT2D eigenvalue weighted by Gasteiger charge is -2.00. The Morgan fingerprint density at radius 2 is 2.20 bits per heavy atom. The van der Waals surface area contributed by atoms with Gasteiger partial charge in [-0.15, -0.1) is 11.3 Å². The third kappa shape index (κ3) is 2.65. The van der Waals surface area contributed by atoms with Crippen molar-refractivity contribution in [2.75, 3.05) is 0 Å². The van der Waals surface area contributed by atoms with Gasteiger partial charge in [0.05, 0.1) is 22.8 Å². The first-order chi connectivity index (χ1) is 9.20. The van der Waals surface area contributed by atoms with Crippen LogP contribution < -0.4 is 0 Å². The number of hydrogen-bond acceptors (Lipinski definition) is 5. The molecule has 0 aromatic carbocycles. The number of aliphatic hydroxyl groups is 1. The Hall–Kier alpha value is -1.94. The van der Waals surface area contributed by atoms with E-state index in [9.17, 15) is 28.4 Å². The van der Waals surface area contributed by atoms with Crippen LogP contribution in [0.15, 0.2) is 18.5 Å². The molecule has 2 aromatic heterocycles. The molecular weight excluding hydrogens is 299 g/mol. The van der Waals surface area contributed by atoms with Crippen molar-refractivity contribution in [2.45, 2.75) is 19.2 Å². The number of thiophene rings is 1. The van der Waals surface area contributed by atoms with E-state index in [1.807, 2.05) is 0 Å². The minimum Gasteiger partial charge on any atom is -0.388 e. The Morgan fingerprint density at radius 1 is 1.55 bits per heavy atom. The molecule has 0 aliphatic rings. The van der Waals surface area contributed by atoms with Crippen molar-refractivity contribution >= 4 is 17.0 Å². The molecule has 0 unspecified atom stereocenters. The van der Waals surface area contributed by atoms with E-state index in [1.54, 1.807) is 0 Å². The molecule has 2 heterocycles. The zero-order valence-corrected chi connectivity index (χ0v) is 10.8. The van der Waals surface area contributed by atoms with Crippen LogP contribution in [0.5, 0.6) is 0 Å². The number of halogens is 3. The van der Waals surface area contributed by atoms with Crippen LogP contribution in [-0.2, 0) is 6.18 Å². The van der Waals surface area contributed by atoms with E-state index in [-0.39, 0.29) is 9.88 Å². The summed E-state index contributed by atoms with van der Waals surface area (Å²) in [6.07, 6.45) is -4.27. The molecule has 0 saturated heterocycles. The molecule has 0 aliphatic carbocycles. The van der Waals surface area contributed by atoms with Gasteiger partial charge in [-0.3, -0.25) is 10.1 Å². The van der Waals surface area contributed by atoms with E-state index in [2.05, 4.69) is 5.10 Å². The van der Waals surface area contributed by atoms with E-state index >= 15 is 0 Å². The number of aromatic nitrogens is 2. The lowest BCUT2D eigenvalue weighted by Crippen LogP contribution is -2.03. The normalized spacial score (nSPS) is 13.4. The van der Waals surface area contributed by atoms with Crippen LogP contribution in [-0.4, -0.2) is 19.8 Å². The number of nitro groups is 1. The predicted octanol–water partition coefficient (Wildman–Crippen LogP) is 2.91. The second-order valence-corrected chi connectivity index (χ2v) is 5.01. The highest BCUT2D eigenvalue weighted by Crippen LogP contribution is 2.37. The summed E-state index contributed by atoms with van der Waals surface area (Å²) in [5.41, 5.74) is -1.40. The average molecular weight is 307 g/mol. The molecule has 10 heteroatoms. The molecule has 6 nitrogen and oxygen atoms in total. The van der Waals surface area contributed by atoms with Crippen molar-refractivity contribution in [2.24, 2.45) is 0 Å². The van der Waals surface area contributed by atoms with E-state index in [4.69, 9.17) is 0 Å². The lowest BCUT2D eigenvalue weighted by molar-refractivity contribution is -0.384. The summed E-state index contributed by atoms with van der Waals surface area (Å²) in [5.74, 6) is 0. The van der Waals surface area contributed by atoms with Crippen molar-refractivity contribution < 1.29 is 23.2 Å². The third-order valence-corrected chi connectivity index (χ3v) is 3.72. The number of aliphatic hydroxyl groups excluding tert-OH is 1. The predicted molar refractivity (Wildman–Crippen MR) is 63.7 cm³/mol. The van der Waals surface area contributed by atoms with Crippen LogP contribution in [0.1, 0.15) is 23.5 Å². The average Bonchev–Trinajstić information content (AvgIpc) is 2.94. The highest BCUT2D eigenvalue weighted by Gasteiger charge is 2.33. The van der Waals surface area contributed by atoms with Crippen molar-refractivity contribution in [1.29, 1.82) is 0 Å². The summed E-state index contributed by atoms with van der Waals surface area (Å²) in [4.78, 5) is 10.4. The lowest BCUT2D eigenvalue weighted by atomic mass is 10.3. The summed E-state index contributed by atoms with van der Waals surface area (Å²) in [5, 5.41) is 23.7. The number of alkyl halides is 3. The monoisotopic (exact) mass is 307 g/mol. The first kappa shape index (κ1) is 14.5. The molecule has 0 bridgehead atoms. The summed E-state index contributed by atoms with van der Waals surface area (Å²) in [6.45, 7) is 1.41. The Balaban J connectivity index is 2.51. The highest BCUT2D eigenvalue weighted by atomic mass is 32.1. The standard InChI is InChI=1S/C10H8F3N3O3S/c1-5(17)8-2-7(16(18)19)9(20-8)15-4-6(3-14-15)10(11,12)13/h2-5,17H,1H3/t5-/m0/s1. The van der Waals surface area contributed by atoms with Crippen molar-refractivity contribution in [3.63, 3.8) is 0 Å². The second kappa shape index (κ2) is 4.87. The molecule has 0 amide bonds. The molecule has 1 N–H and O–H groups in total. The molecule has 108 valence electrons. The van der Waals surface area contributed by atoms with Crippen molar-refractivity contribution in [3.8, 4) is 5.00 Å². The van der Waals surface area contributed by atoms with Crippen molar-refractivity contribution in [3.05, 3.63) is 39.0 Å². The van der Waals surface area contributed by atoms with Crippen LogP contribution in [0, 0.1) is 10.1 Å². The summed E-state index contributed by atoms with van der Waals surface area (Å²) < 4.78 is 38.2. The number of nitrogens with zero attached hydrogens (tertiary/aromatic N) is 3. The summed E-state index contributed by atoms with van der Waals surface area (Å²) in [6, 6.07) is 1.12. The molecule has 0 radical (unpaired) electrons. The van der Waals surface area contributed by atoms with E-state index in [0.717, 1.165) is 22.1 Å². The Labute approximate surface area is 114 Å². The van der Waals surface area contributed by atoms with E-state index in [0.29, 0.717) is 12.4 Å². The van der Waals surface area contributed by atoms with Crippen LogP contribution in [0.2, 0.25) is 0 Å². The van der Waals surface area contributed by atoms with Gasteiger partial charge in [0.2, 0.25) is 0 Å². The minimum atomic E-state index is -4.57. The van der Waals surface area contributed by atoms with Crippen LogP contribution >= 0.6 is 11.3 Å². The Kier molecular flexibility index (Phi) is 3.52. The molecule has 2 rings (SSSR count). The third-order valence-electron chi connectivity index (χ3n) is 2.44. The van der Waals surface area contributed by atoms with E-state index < -0.39 is 28.5 Å². The van der Waals surface area contributed by atoms with Crippen LogP contribution in [0.3, 0.4) is 0 Å². The molecule has 1 atom stereocenters. The van der Waals surface area contributed by atoms with Gasteiger partial charge < -0.3 is 5.11 Å². The minimum absolute atomic E-state index is 0.0820. The van der Waals surface area contributed by atoms with Gasteiger partial charge in [-0.1, -0.05) is 0 Å². The fourth-order valence-electron chi connectivity index (χ4n) is 1.47. The first-order valence-corrected chi connectivity index (χ1v) is 6.10. The molecule has 0 saturated carbocycles. The zero-order valence-electron chi connectivity index (χ0n) is 9.96. The van der Waals surface area contributed by atoms with Gasteiger partial charge in [-0.2, -0.15) is 18.3 Å². The fourth-order valence-corrected chi connectivity index (χ4v) is 2.47. The largest absolute Gasteiger partial charge is 0.419 e. The Bertz CT molecular complexity index is 648. The van der Waals surface area contributed by atoms with Gasteiger partial charge in [0.15, 0.2) is 5.00 Å². The SMILES string of the molecule is C[C@H](O)c1cc([N+](=O)[O-])c(-n2cc(C(F)(F)F)cn2)s1. The molecule has 20 heavy (non-hydrogen) atoms. The van der Waals surface area contributed by atoms with Crippen LogP contribution in [0.25, 0.3) is 5.00 Å². The van der Waals surface area contributed by atoms with Gasteiger partial charge in [-0.05, 0) is 6.92 Å². The molecular formula is C10H8F3N3O3S. The van der Waals surface area contributed by atoms with Gasteiger partial charge >= 0.3 is 11.9 Å². The second-order valence-electron chi connectivity index (χ2n) is 3.94. The zero-order chi connectivity index (χ0) is 15.1. The van der Waals surface area contributed by atoms with E-state index in [1.165, 1.54) is 6.92 Å². The fraction of sp³-hybridized carbons (Fsp3) is 0.300. The Morgan fingerprint density at radius 3 is 2.65 bits per heavy atom. The maximum Gasteiger partial charge on any atom is 0.419 e. The van der Waals surface area contributed by atoms with Gasteiger partial charge in [0, 0.05) is 17.1 Å². The summed E-state index contributed by atoms with van der Waals surface area (Å²) >= 11 is 0.814. The number of rotatable bonds is 3. The maximum absolute atomic E-state index is 12.5. The van der Waals surface area contributed by atoms with Gasteiger partial charge in [0.1, 0.15) is 0 Å². The first-order valence-electron chi connectivity index (χ1n) is 5.28. The smallest absolute Gasteiger partial charge is 0.388 e. The topological polar surface area (TPSA) is 81.2 Å². The van der Waals surface area contributed by atoms with Crippen LogP contribution in [0.4, 0.5) is 18.9 Å². The van der Waals surface area contributed by atoms with Gasteiger partial charge in [-0.25, -0.2) is 4.68 Å². The molecule has 0 spiro atoms. The van der Waals surface area contributed by atoms with Crippen molar-refractivity contribution in [1.82, 2.24) is 9.78 Å². The quantitative estimate of drug-likeness (QED) is 0.698. The molecule has 0 fully saturated rings.